The van der Waals surface area contributed by atoms with Crippen LogP contribution in [0, 0.1) is 18.6 Å². The fourth-order valence-electron chi connectivity index (χ4n) is 3.38. The van der Waals surface area contributed by atoms with E-state index in [1.807, 2.05) is 24.3 Å². The number of rotatable bonds is 5. The molecule has 0 aliphatic carbocycles. The molecule has 0 aliphatic heterocycles. The average Bonchev–Trinajstić information content (AvgIpc) is 2.89. The first-order chi connectivity index (χ1) is 12.8. The average molecular weight is 438 g/mol. The number of carboxylic acid groups (broad SMARTS) is 1. The molecule has 142 valence electrons. The molecule has 0 radical (unpaired) electrons. The van der Waals surface area contributed by atoms with Gasteiger partial charge < -0.3 is 14.4 Å². The lowest BCUT2D eigenvalue weighted by molar-refractivity contribution is -0.138. The minimum Gasteiger partial charge on any atom is -0.491 e. The molecule has 27 heavy (non-hydrogen) atoms. The van der Waals surface area contributed by atoms with E-state index in [1.54, 1.807) is 11.5 Å². The van der Waals surface area contributed by atoms with Crippen molar-refractivity contribution in [1.29, 1.82) is 0 Å². The topological polar surface area (TPSA) is 51.5 Å². The Hall–Kier alpha value is -2.41. The lowest BCUT2D eigenvalue weighted by atomic mass is 9.97. The van der Waals surface area contributed by atoms with Crippen LogP contribution in [0.2, 0.25) is 0 Å². The van der Waals surface area contributed by atoms with Gasteiger partial charge in [-0.3, -0.25) is 4.79 Å². The molecule has 1 heterocycles. The third-order valence-corrected chi connectivity index (χ3v) is 5.30. The molecule has 4 nitrogen and oxygen atoms in total. The van der Waals surface area contributed by atoms with Crippen molar-refractivity contribution in [2.75, 3.05) is 7.11 Å². The zero-order valence-corrected chi connectivity index (χ0v) is 16.6. The summed E-state index contributed by atoms with van der Waals surface area (Å²) >= 11 is 3.37. The van der Waals surface area contributed by atoms with E-state index in [0.29, 0.717) is 23.3 Å². The Balaban J connectivity index is 2.31. The van der Waals surface area contributed by atoms with Crippen LogP contribution in [0.3, 0.4) is 0 Å². The van der Waals surface area contributed by atoms with Gasteiger partial charge in [0.2, 0.25) is 0 Å². The number of methoxy groups -OCH3 is 1. The molecule has 1 aromatic heterocycles. The summed E-state index contributed by atoms with van der Waals surface area (Å²) < 4.78 is 36.9. The number of fused-ring (bicyclic) bond motifs is 1. The van der Waals surface area contributed by atoms with Gasteiger partial charge in [-0.2, -0.15) is 0 Å². The minimum absolute atomic E-state index is 0.0813. The molecule has 2 aromatic carbocycles. The summed E-state index contributed by atoms with van der Waals surface area (Å²) in [6.07, 6.45) is 0. The maximum absolute atomic E-state index is 15.0. The number of hydrogen-bond donors (Lipinski definition) is 1. The van der Waals surface area contributed by atoms with Crippen LogP contribution in [-0.2, 0) is 11.3 Å². The van der Waals surface area contributed by atoms with Crippen molar-refractivity contribution >= 4 is 32.8 Å². The van der Waals surface area contributed by atoms with E-state index in [1.165, 1.54) is 20.1 Å². The second-order valence-corrected chi connectivity index (χ2v) is 7.29. The second kappa shape index (κ2) is 7.31. The van der Waals surface area contributed by atoms with E-state index in [0.717, 1.165) is 10.0 Å². The van der Waals surface area contributed by atoms with Gasteiger partial charge in [0, 0.05) is 28.2 Å². The van der Waals surface area contributed by atoms with Crippen LogP contribution >= 0.6 is 15.9 Å². The van der Waals surface area contributed by atoms with Crippen molar-refractivity contribution in [3.05, 3.63) is 63.3 Å². The highest BCUT2D eigenvalue weighted by Gasteiger charge is 2.28. The molecule has 0 aliphatic rings. The number of benzene rings is 2. The van der Waals surface area contributed by atoms with Crippen LogP contribution in [0.1, 0.15) is 29.7 Å². The van der Waals surface area contributed by atoms with Gasteiger partial charge in [-0.05, 0) is 37.1 Å². The summed E-state index contributed by atoms with van der Waals surface area (Å²) in [5.41, 5.74) is 2.12. The van der Waals surface area contributed by atoms with Gasteiger partial charge >= 0.3 is 5.97 Å². The predicted molar refractivity (Wildman–Crippen MR) is 102 cm³/mol. The van der Waals surface area contributed by atoms with Crippen LogP contribution in [0.4, 0.5) is 8.78 Å². The Bertz CT molecular complexity index is 1030. The van der Waals surface area contributed by atoms with Gasteiger partial charge in [0.05, 0.1) is 18.5 Å². The number of nitrogens with zero attached hydrogens (tertiary/aromatic N) is 1. The number of halogens is 3. The Labute approximate surface area is 163 Å². The molecule has 0 spiro atoms. The van der Waals surface area contributed by atoms with Crippen molar-refractivity contribution in [2.45, 2.75) is 26.3 Å². The van der Waals surface area contributed by atoms with Crippen LogP contribution in [0.25, 0.3) is 10.9 Å². The molecule has 0 fully saturated rings. The molecular formula is C20H18BrF2NO3. The minimum atomic E-state index is -1.08. The Kier molecular flexibility index (Phi) is 5.24. The van der Waals surface area contributed by atoms with Crippen molar-refractivity contribution < 1.29 is 23.4 Å². The van der Waals surface area contributed by atoms with E-state index >= 15 is 4.39 Å². The summed E-state index contributed by atoms with van der Waals surface area (Å²) in [7, 11) is 1.18. The molecular weight excluding hydrogens is 420 g/mol. The smallest absolute Gasteiger partial charge is 0.310 e. The molecule has 3 rings (SSSR count). The molecule has 0 bridgehead atoms. The maximum Gasteiger partial charge on any atom is 0.310 e. The van der Waals surface area contributed by atoms with E-state index in [9.17, 15) is 14.3 Å². The van der Waals surface area contributed by atoms with Crippen molar-refractivity contribution in [2.24, 2.45) is 0 Å². The zero-order chi connectivity index (χ0) is 19.9. The SMILES string of the molecule is COc1c(F)cc2c(c1F)c(C(C)C(=O)O)c(C)n2Cc1ccc(Br)cc1. The Morgan fingerprint density at radius 3 is 2.48 bits per heavy atom. The Morgan fingerprint density at radius 1 is 1.30 bits per heavy atom. The number of carboxylic acids is 1. The number of hydrogen-bond acceptors (Lipinski definition) is 2. The van der Waals surface area contributed by atoms with Crippen LogP contribution in [0.15, 0.2) is 34.8 Å². The van der Waals surface area contributed by atoms with E-state index in [-0.39, 0.29) is 5.39 Å². The Morgan fingerprint density at radius 2 is 1.93 bits per heavy atom. The quantitative estimate of drug-likeness (QED) is 0.593. The number of aromatic nitrogens is 1. The van der Waals surface area contributed by atoms with Gasteiger partial charge in [0.15, 0.2) is 17.4 Å². The third-order valence-electron chi connectivity index (χ3n) is 4.77. The largest absolute Gasteiger partial charge is 0.491 e. The molecule has 0 saturated heterocycles. The van der Waals surface area contributed by atoms with Crippen molar-refractivity contribution in [3.63, 3.8) is 0 Å². The van der Waals surface area contributed by atoms with Crippen molar-refractivity contribution in [3.8, 4) is 5.75 Å². The summed E-state index contributed by atoms with van der Waals surface area (Å²) in [6.45, 7) is 3.56. The number of carbonyl (C=O) groups is 1. The first-order valence-electron chi connectivity index (χ1n) is 8.28. The summed E-state index contributed by atoms with van der Waals surface area (Å²) in [6, 6.07) is 8.74. The first-order valence-corrected chi connectivity index (χ1v) is 9.07. The number of ether oxygens (including phenoxy) is 1. The lowest BCUT2D eigenvalue weighted by Crippen LogP contribution is -2.10. The van der Waals surface area contributed by atoms with Gasteiger partial charge in [-0.25, -0.2) is 8.78 Å². The fraction of sp³-hybridized carbons (Fsp3) is 0.250. The summed E-state index contributed by atoms with van der Waals surface area (Å²) in [5.74, 6) is -4.26. The molecule has 7 heteroatoms. The van der Waals surface area contributed by atoms with Gasteiger partial charge in [-0.15, -0.1) is 0 Å². The second-order valence-electron chi connectivity index (χ2n) is 6.37. The van der Waals surface area contributed by atoms with Crippen LogP contribution in [-0.4, -0.2) is 22.8 Å². The molecule has 0 amide bonds. The predicted octanol–water partition coefficient (Wildman–Crippen LogP) is 5.24. The monoisotopic (exact) mass is 437 g/mol. The lowest BCUT2D eigenvalue weighted by Gasteiger charge is -2.11. The van der Waals surface area contributed by atoms with Gasteiger partial charge in [0.25, 0.3) is 0 Å². The van der Waals surface area contributed by atoms with Crippen molar-refractivity contribution in [1.82, 2.24) is 4.57 Å². The normalized spacial score (nSPS) is 12.4. The van der Waals surface area contributed by atoms with Crippen LogP contribution < -0.4 is 4.74 Å². The highest BCUT2D eigenvalue weighted by molar-refractivity contribution is 9.10. The highest BCUT2D eigenvalue weighted by Crippen LogP contribution is 2.39. The summed E-state index contributed by atoms with van der Waals surface area (Å²) in [4.78, 5) is 11.6. The number of aliphatic carboxylic acids is 1. The van der Waals surface area contributed by atoms with E-state index in [4.69, 9.17) is 4.74 Å². The molecule has 1 unspecified atom stereocenters. The molecule has 0 saturated carbocycles. The molecule has 1 atom stereocenters. The molecule has 3 aromatic rings. The van der Waals surface area contributed by atoms with E-state index in [2.05, 4.69) is 15.9 Å². The first kappa shape index (κ1) is 19.4. The standard InChI is InChI=1S/C20H18BrF2NO3/c1-10(20(25)26)16-11(2)24(9-12-4-6-13(21)7-5-12)15-8-14(22)19(27-3)18(23)17(15)16/h4-8,10H,9H2,1-3H3,(H,25,26). The van der Waals surface area contributed by atoms with Gasteiger partial charge in [0.1, 0.15) is 0 Å². The highest BCUT2D eigenvalue weighted by atomic mass is 79.9. The maximum atomic E-state index is 15.0. The molecule has 1 N–H and O–H groups in total. The van der Waals surface area contributed by atoms with Gasteiger partial charge in [-0.1, -0.05) is 28.1 Å². The zero-order valence-electron chi connectivity index (χ0n) is 15.0. The van der Waals surface area contributed by atoms with E-state index < -0.39 is 29.3 Å². The fourth-order valence-corrected chi connectivity index (χ4v) is 3.65. The van der Waals surface area contributed by atoms with Crippen LogP contribution in [0.5, 0.6) is 5.75 Å². The third kappa shape index (κ3) is 3.32. The summed E-state index contributed by atoms with van der Waals surface area (Å²) in [5, 5.41) is 9.56.